The fourth-order valence-corrected chi connectivity index (χ4v) is 1.82. The molecule has 0 bridgehead atoms. The van der Waals surface area contributed by atoms with Crippen LogP contribution in [0.2, 0.25) is 0 Å². The molecular weight excluding hydrogens is 260 g/mol. The van der Waals surface area contributed by atoms with E-state index in [2.05, 4.69) is 5.43 Å². The second kappa shape index (κ2) is 5.38. The lowest BCUT2D eigenvalue weighted by Gasteiger charge is -2.18. The molecule has 2 aromatic rings. The highest BCUT2D eigenvalue weighted by atomic mass is 19.2. The summed E-state index contributed by atoms with van der Waals surface area (Å²) in [5, 5.41) is 0. The molecule has 0 aromatic heterocycles. The van der Waals surface area contributed by atoms with Crippen LogP contribution in [0.4, 0.5) is 17.6 Å². The van der Waals surface area contributed by atoms with E-state index >= 15 is 0 Å². The smallest absolute Gasteiger partial charge is 0.194 e. The van der Waals surface area contributed by atoms with Gasteiger partial charge in [0.25, 0.3) is 0 Å². The van der Waals surface area contributed by atoms with Crippen molar-refractivity contribution in [3.05, 3.63) is 70.8 Å². The van der Waals surface area contributed by atoms with E-state index in [1.54, 1.807) is 6.07 Å². The Morgan fingerprint density at radius 1 is 0.895 bits per heavy atom. The van der Waals surface area contributed by atoms with Crippen molar-refractivity contribution in [3.8, 4) is 0 Å². The lowest BCUT2D eigenvalue weighted by atomic mass is 9.98. The van der Waals surface area contributed by atoms with Gasteiger partial charge in [0.15, 0.2) is 17.5 Å². The summed E-state index contributed by atoms with van der Waals surface area (Å²) in [6.07, 6.45) is 0. The third kappa shape index (κ3) is 2.59. The Morgan fingerprint density at radius 2 is 1.47 bits per heavy atom. The van der Waals surface area contributed by atoms with Gasteiger partial charge in [0.05, 0.1) is 6.04 Å². The van der Waals surface area contributed by atoms with Crippen molar-refractivity contribution in [2.45, 2.75) is 6.04 Å². The number of rotatable bonds is 3. The summed E-state index contributed by atoms with van der Waals surface area (Å²) in [7, 11) is 0. The predicted molar refractivity (Wildman–Crippen MR) is 61.9 cm³/mol. The molecule has 2 nitrogen and oxygen atoms in total. The topological polar surface area (TPSA) is 38.0 Å². The van der Waals surface area contributed by atoms with Crippen LogP contribution in [-0.4, -0.2) is 0 Å². The third-order valence-corrected chi connectivity index (χ3v) is 2.72. The molecule has 0 aliphatic heterocycles. The molecule has 0 aliphatic carbocycles. The van der Waals surface area contributed by atoms with Gasteiger partial charge in [-0.05, 0) is 23.8 Å². The Balaban J connectivity index is 2.52. The SMILES string of the molecule is NNC(c1cc(F)c(F)c(F)c1)c1ccccc1F. The number of benzene rings is 2. The lowest BCUT2D eigenvalue weighted by molar-refractivity contribution is 0.442. The molecule has 0 fully saturated rings. The van der Waals surface area contributed by atoms with Crippen molar-refractivity contribution in [1.82, 2.24) is 5.43 Å². The van der Waals surface area contributed by atoms with Gasteiger partial charge in [-0.15, -0.1) is 0 Å². The van der Waals surface area contributed by atoms with Gasteiger partial charge in [0, 0.05) is 5.56 Å². The largest absolute Gasteiger partial charge is 0.271 e. The Kier molecular flexibility index (Phi) is 3.82. The monoisotopic (exact) mass is 270 g/mol. The van der Waals surface area contributed by atoms with Gasteiger partial charge >= 0.3 is 0 Å². The van der Waals surface area contributed by atoms with Crippen LogP contribution in [0.1, 0.15) is 17.2 Å². The molecule has 0 radical (unpaired) electrons. The normalized spacial score (nSPS) is 12.5. The highest BCUT2D eigenvalue weighted by Crippen LogP contribution is 2.26. The molecular formula is C13H10F4N2. The summed E-state index contributed by atoms with van der Waals surface area (Å²) >= 11 is 0. The fourth-order valence-electron chi connectivity index (χ4n) is 1.82. The van der Waals surface area contributed by atoms with E-state index in [1.165, 1.54) is 18.2 Å². The van der Waals surface area contributed by atoms with Crippen LogP contribution in [0.25, 0.3) is 0 Å². The van der Waals surface area contributed by atoms with Crippen LogP contribution < -0.4 is 11.3 Å². The summed E-state index contributed by atoms with van der Waals surface area (Å²) in [4.78, 5) is 0. The highest BCUT2D eigenvalue weighted by Gasteiger charge is 2.20. The molecule has 100 valence electrons. The van der Waals surface area contributed by atoms with Crippen molar-refractivity contribution >= 4 is 0 Å². The van der Waals surface area contributed by atoms with Crippen LogP contribution in [0.5, 0.6) is 0 Å². The minimum absolute atomic E-state index is 0.0102. The number of nitrogens with two attached hydrogens (primary N) is 1. The summed E-state index contributed by atoms with van der Waals surface area (Å²) in [6.45, 7) is 0. The van der Waals surface area contributed by atoms with Crippen molar-refractivity contribution < 1.29 is 17.6 Å². The predicted octanol–water partition coefficient (Wildman–Crippen LogP) is 2.80. The number of hydrazine groups is 1. The molecule has 0 saturated carbocycles. The zero-order valence-electron chi connectivity index (χ0n) is 9.63. The molecule has 1 atom stereocenters. The van der Waals surface area contributed by atoms with Gasteiger partial charge in [-0.25, -0.2) is 23.0 Å². The van der Waals surface area contributed by atoms with Crippen molar-refractivity contribution in [2.24, 2.45) is 5.84 Å². The van der Waals surface area contributed by atoms with Gasteiger partial charge in [-0.2, -0.15) is 0 Å². The maximum Gasteiger partial charge on any atom is 0.194 e. The van der Waals surface area contributed by atoms with Gasteiger partial charge in [0.2, 0.25) is 0 Å². The highest BCUT2D eigenvalue weighted by molar-refractivity contribution is 5.33. The van der Waals surface area contributed by atoms with Crippen LogP contribution in [0.15, 0.2) is 36.4 Å². The minimum atomic E-state index is -1.58. The van der Waals surface area contributed by atoms with Gasteiger partial charge in [0.1, 0.15) is 5.82 Å². The minimum Gasteiger partial charge on any atom is -0.271 e. The molecule has 2 aromatic carbocycles. The first-order valence-electron chi connectivity index (χ1n) is 5.39. The van der Waals surface area contributed by atoms with E-state index < -0.39 is 29.3 Å². The number of hydrogen-bond acceptors (Lipinski definition) is 2. The standard InChI is InChI=1S/C13H10F4N2/c14-9-4-2-1-3-8(9)13(19-18)7-5-10(15)12(17)11(16)6-7/h1-6,13,19H,18H2. The van der Waals surface area contributed by atoms with Crippen molar-refractivity contribution in [3.63, 3.8) is 0 Å². The average molecular weight is 270 g/mol. The first-order valence-corrected chi connectivity index (χ1v) is 5.39. The van der Waals surface area contributed by atoms with E-state index in [-0.39, 0.29) is 11.1 Å². The van der Waals surface area contributed by atoms with Crippen molar-refractivity contribution in [1.29, 1.82) is 0 Å². The van der Waals surface area contributed by atoms with Gasteiger partial charge in [-0.1, -0.05) is 18.2 Å². The zero-order valence-corrected chi connectivity index (χ0v) is 9.63. The molecule has 1 unspecified atom stereocenters. The van der Waals surface area contributed by atoms with Gasteiger partial charge < -0.3 is 0 Å². The van der Waals surface area contributed by atoms with Crippen LogP contribution in [0, 0.1) is 23.3 Å². The second-order valence-corrected chi connectivity index (χ2v) is 3.92. The maximum atomic E-state index is 13.6. The Bertz CT molecular complexity index is 578. The quantitative estimate of drug-likeness (QED) is 0.389. The van der Waals surface area contributed by atoms with E-state index in [4.69, 9.17) is 5.84 Å². The summed E-state index contributed by atoms with van der Waals surface area (Å²) < 4.78 is 52.9. The Morgan fingerprint density at radius 3 is 2.00 bits per heavy atom. The molecule has 2 rings (SSSR count). The molecule has 0 heterocycles. The summed E-state index contributed by atoms with van der Waals surface area (Å²) in [5.74, 6) is 0.415. The van der Waals surface area contributed by atoms with E-state index in [0.717, 1.165) is 12.1 Å². The molecule has 0 saturated heterocycles. The molecule has 3 N–H and O–H groups in total. The molecule has 0 aliphatic rings. The van der Waals surface area contributed by atoms with Crippen LogP contribution >= 0.6 is 0 Å². The second-order valence-electron chi connectivity index (χ2n) is 3.92. The average Bonchev–Trinajstić information content (AvgIpc) is 2.39. The van der Waals surface area contributed by atoms with Crippen molar-refractivity contribution in [2.75, 3.05) is 0 Å². The molecule has 6 heteroatoms. The lowest BCUT2D eigenvalue weighted by Crippen LogP contribution is -2.29. The molecule has 19 heavy (non-hydrogen) atoms. The fraction of sp³-hybridized carbons (Fsp3) is 0.0769. The number of nitrogens with one attached hydrogen (secondary N) is 1. The van der Waals surface area contributed by atoms with E-state index in [1.807, 2.05) is 0 Å². The molecule has 0 amide bonds. The zero-order chi connectivity index (χ0) is 14.0. The Hall–Kier alpha value is -1.92. The summed E-state index contributed by atoms with van der Waals surface area (Å²) in [6, 6.07) is 6.20. The van der Waals surface area contributed by atoms with Crippen LogP contribution in [-0.2, 0) is 0 Å². The number of halogens is 4. The molecule has 0 spiro atoms. The Labute approximate surface area is 106 Å². The summed E-state index contributed by atoms with van der Waals surface area (Å²) in [5.41, 5.74) is 2.35. The third-order valence-electron chi connectivity index (χ3n) is 2.72. The van der Waals surface area contributed by atoms with Crippen LogP contribution in [0.3, 0.4) is 0 Å². The first-order chi connectivity index (χ1) is 9.04. The first kappa shape index (κ1) is 13.5. The maximum absolute atomic E-state index is 13.6. The number of hydrogen-bond donors (Lipinski definition) is 2. The van der Waals surface area contributed by atoms with E-state index in [0.29, 0.717) is 0 Å². The van der Waals surface area contributed by atoms with Gasteiger partial charge in [-0.3, -0.25) is 5.84 Å². The van der Waals surface area contributed by atoms with E-state index in [9.17, 15) is 17.6 Å².